The normalized spacial score (nSPS) is 12.5. The Balaban J connectivity index is 0.00000450. The number of aliphatic carboxylic acids is 1. The maximum Gasteiger partial charge on any atom is 1.00 e. The van der Waals surface area contributed by atoms with Gasteiger partial charge in [0.2, 0.25) is 0 Å². The van der Waals surface area contributed by atoms with Gasteiger partial charge in [-0.05, 0) is 49.2 Å². The molecule has 0 aliphatic rings. The van der Waals surface area contributed by atoms with Gasteiger partial charge in [0.15, 0.2) is 0 Å². The summed E-state index contributed by atoms with van der Waals surface area (Å²) < 4.78 is 10.5. The minimum atomic E-state index is -1.27. The van der Waals surface area contributed by atoms with Crippen molar-refractivity contribution < 1.29 is 64.3 Å². The molecule has 0 saturated carbocycles. The summed E-state index contributed by atoms with van der Waals surface area (Å²) in [5, 5.41) is 42.4. The fourth-order valence-corrected chi connectivity index (χ4v) is 2.66. The quantitative estimate of drug-likeness (QED) is 0.263. The van der Waals surface area contributed by atoms with Crippen LogP contribution in [0.5, 0.6) is 17.2 Å². The van der Waals surface area contributed by atoms with Gasteiger partial charge in [-0.25, -0.2) is 0 Å². The number of benzene rings is 2. The van der Waals surface area contributed by atoms with E-state index in [0.29, 0.717) is 30.0 Å². The number of aromatic hydroxyl groups is 1. The summed E-state index contributed by atoms with van der Waals surface area (Å²) in [5.74, 6) is -0.354. The van der Waals surface area contributed by atoms with E-state index < -0.39 is 18.7 Å². The molecule has 30 heavy (non-hydrogen) atoms. The second-order valence-corrected chi connectivity index (χ2v) is 6.73. The van der Waals surface area contributed by atoms with E-state index in [0.717, 1.165) is 5.56 Å². The molecule has 0 radical (unpaired) electrons. The molecule has 2 unspecified atom stereocenters. The number of hydrogen-bond donors (Lipinski definition) is 4. The largest absolute Gasteiger partial charge is 1.00 e. The monoisotopic (exact) mass is 427 g/mol. The second kappa shape index (κ2) is 13.5. The van der Waals surface area contributed by atoms with Crippen LogP contribution in [0.3, 0.4) is 0 Å². The van der Waals surface area contributed by atoms with Gasteiger partial charge in [0.05, 0.1) is 12.6 Å². The molecule has 0 aliphatic heterocycles. The summed E-state index contributed by atoms with van der Waals surface area (Å²) in [4.78, 5) is 10.4. The van der Waals surface area contributed by atoms with Gasteiger partial charge >= 0.3 is 29.6 Å². The Morgan fingerprint density at radius 3 is 2.43 bits per heavy atom. The molecule has 8 nitrogen and oxygen atoms in total. The summed E-state index contributed by atoms with van der Waals surface area (Å²) in [7, 11) is 0. The molecule has 9 heteroatoms. The first kappa shape index (κ1) is 26.2. The molecular formula is C21H26NNaO7. The van der Waals surface area contributed by atoms with Crippen molar-refractivity contribution in [2.45, 2.75) is 32.1 Å². The molecule has 0 bridgehead atoms. The minimum absolute atomic E-state index is 0. The van der Waals surface area contributed by atoms with E-state index in [1.807, 2.05) is 19.1 Å². The topological polar surface area (TPSA) is 131 Å². The van der Waals surface area contributed by atoms with Crippen LogP contribution in [-0.4, -0.2) is 53.2 Å². The van der Waals surface area contributed by atoms with E-state index in [2.05, 4.69) is 5.32 Å². The van der Waals surface area contributed by atoms with E-state index in [1.54, 1.807) is 18.2 Å². The fraction of sp³-hybridized carbons (Fsp3) is 0.381. The van der Waals surface area contributed by atoms with E-state index in [9.17, 15) is 20.1 Å². The molecule has 0 aromatic heterocycles. The number of hydrogen-bond acceptors (Lipinski definition) is 8. The van der Waals surface area contributed by atoms with Crippen molar-refractivity contribution in [3.05, 3.63) is 53.6 Å². The molecule has 0 aliphatic carbocycles. The average molecular weight is 427 g/mol. The van der Waals surface area contributed by atoms with Crippen LogP contribution in [-0.2, 0) is 17.8 Å². The molecule has 2 aromatic carbocycles. The van der Waals surface area contributed by atoms with Crippen LogP contribution in [0.1, 0.15) is 18.1 Å². The van der Waals surface area contributed by atoms with E-state index in [4.69, 9.17) is 14.6 Å². The zero-order chi connectivity index (χ0) is 21.2. The third-order valence-corrected chi connectivity index (χ3v) is 4.19. The Bertz CT molecular complexity index is 785. The number of phenols is 1. The number of nitrogens with one attached hydrogen (secondary N) is 1. The molecule has 2 aromatic rings. The van der Waals surface area contributed by atoms with Gasteiger partial charge in [-0.1, -0.05) is 12.1 Å². The second-order valence-electron chi connectivity index (χ2n) is 6.73. The summed E-state index contributed by atoms with van der Waals surface area (Å²) in [6.45, 7) is 1.61. The number of aliphatic hydroxyl groups excluding tert-OH is 2. The maximum absolute atomic E-state index is 10.4. The van der Waals surface area contributed by atoms with Gasteiger partial charge in [-0.15, -0.1) is 0 Å². The molecular weight excluding hydrogens is 401 g/mol. The van der Waals surface area contributed by atoms with Gasteiger partial charge in [0, 0.05) is 18.2 Å². The molecule has 0 fully saturated rings. The van der Waals surface area contributed by atoms with E-state index in [-0.39, 0.29) is 54.6 Å². The zero-order valence-electron chi connectivity index (χ0n) is 17.2. The summed E-state index contributed by atoms with van der Waals surface area (Å²) in [6, 6.07) is 11.7. The predicted octanol–water partition coefficient (Wildman–Crippen LogP) is -3.02. The van der Waals surface area contributed by atoms with Crippen molar-refractivity contribution in [2.24, 2.45) is 0 Å². The Hall–Kier alpha value is -1.81. The van der Waals surface area contributed by atoms with Crippen molar-refractivity contribution in [3.63, 3.8) is 0 Å². The van der Waals surface area contributed by atoms with Crippen LogP contribution in [0.4, 0.5) is 0 Å². The number of rotatable bonds is 12. The number of ether oxygens (including phenoxy) is 2. The molecule has 2 rings (SSSR count). The maximum atomic E-state index is 10.4. The Kier molecular flexibility index (Phi) is 11.8. The molecule has 0 spiro atoms. The van der Waals surface area contributed by atoms with Crippen LogP contribution in [0.25, 0.3) is 0 Å². The van der Waals surface area contributed by atoms with Gasteiger partial charge in [0.1, 0.15) is 36.6 Å². The van der Waals surface area contributed by atoms with Gasteiger partial charge in [-0.3, -0.25) is 0 Å². The third-order valence-electron chi connectivity index (χ3n) is 4.19. The number of carboxylic acid groups (broad SMARTS) is 1. The molecule has 0 heterocycles. The van der Waals surface area contributed by atoms with Crippen LogP contribution >= 0.6 is 0 Å². The molecule has 158 valence electrons. The zero-order valence-corrected chi connectivity index (χ0v) is 19.2. The van der Waals surface area contributed by atoms with Crippen molar-refractivity contribution in [2.75, 3.05) is 19.8 Å². The summed E-state index contributed by atoms with van der Waals surface area (Å²) in [5.41, 5.74) is 1.40. The number of carbonyl (C=O) groups is 1. The van der Waals surface area contributed by atoms with Crippen molar-refractivity contribution in [3.8, 4) is 17.2 Å². The molecule has 4 N–H and O–H groups in total. The standard InChI is InChI=1S/C21H27NO7.Na/c1-14(8-15-2-4-18(5-3-15)29-13-21(26)27)22-10-17(24)12-28-19-6-7-20(25)16(9-19)11-23;/h2-7,9,14,17,22-25H,8,10-13H2,1H3,(H,26,27);/q;+1/p-1. The van der Waals surface area contributed by atoms with Crippen LogP contribution in [0.2, 0.25) is 0 Å². The first-order valence-electron chi connectivity index (χ1n) is 9.26. The van der Waals surface area contributed by atoms with Crippen molar-refractivity contribution in [1.29, 1.82) is 0 Å². The van der Waals surface area contributed by atoms with E-state index >= 15 is 0 Å². The Labute approximate surface area is 197 Å². The third kappa shape index (κ3) is 9.34. The van der Waals surface area contributed by atoms with Crippen LogP contribution < -0.4 is 49.5 Å². The predicted molar refractivity (Wildman–Crippen MR) is 104 cm³/mol. The SMILES string of the molecule is CC(Cc1ccc(OCC(=O)[O-])cc1)NCC(O)COc1ccc(O)c(CO)c1.[Na+]. The minimum Gasteiger partial charge on any atom is -0.546 e. The molecule has 2 atom stereocenters. The molecule has 0 saturated heterocycles. The first-order chi connectivity index (χ1) is 13.9. The van der Waals surface area contributed by atoms with Crippen molar-refractivity contribution in [1.82, 2.24) is 5.32 Å². The summed E-state index contributed by atoms with van der Waals surface area (Å²) in [6.07, 6.45) is -0.0177. The number of carbonyl (C=O) groups excluding carboxylic acids is 1. The van der Waals surface area contributed by atoms with Gasteiger partial charge in [0.25, 0.3) is 0 Å². The average Bonchev–Trinajstić information content (AvgIpc) is 2.71. The van der Waals surface area contributed by atoms with Crippen LogP contribution in [0, 0.1) is 0 Å². The smallest absolute Gasteiger partial charge is 0.546 e. The summed E-state index contributed by atoms with van der Waals surface area (Å²) >= 11 is 0. The van der Waals surface area contributed by atoms with Crippen molar-refractivity contribution >= 4 is 5.97 Å². The molecule has 0 amide bonds. The van der Waals surface area contributed by atoms with E-state index in [1.165, 1.54) is 12.1 Å². The number of carboxylic acids is 1. The Morgan fingerprint density at radius 2 is 1.80 bits per heavy atom. The van der Waals surface area contributed by atoms with Gasteiger partial charge in [-0.2, -0.15) is 0 Å². The number of aliphatic hydroxyl groups is 2. The Morgan fingerprint density at radius 1 is 1.13 bits per heavy atom. The fourth-order valence-electron chi connectivity index (χ4n) is 2.66. The van der Waals surface area contributed by atoms with Gasteiger partial charge < -0.3 is 40.0 Å². The first-order valence-corrected chi connectivity index (χ1v) is 9.26. The van der Waals surface area contributed by atoms with Crippen LogP contribution in [0.15, 0.2) is 42.5 Å².